The van der Waals surface area contributed by atoms with Gasteiger partial charge in [0.2, 0.25) is 10.0 Å². The van der Waals surface area contributed by atoms with E-state index in [1.165, 1.54) is 4.31 Å². The van der Waals surface area contributed by atoms with Crippen LogP contribution in [0.4, 0.5) is 0 Å². The Hall–Kier alpha value is -0.670. The van der Waals surface area contributed by atoms with Gasteiger partial charge in [-0.15, -0.1) is 0 Å². The molecule has 0 saturated carbocycles. The maximum atomic E-state index is 13.2. The van der Waals surface area contributed by atoms with Crippen LogP contribution >= 0.6 is 15.9 Å². The van der Waals surface area contributed by atoms with Gasteiger partial charge in [0.1, 0.15) is 16.7 Å². The number of aliphatic hydroxyl groups excluding tert-OH is 1. The van der Waals surface area contributed by atoms with Crippen molar-refractivity contribution in [3.63, 3.8) is 0 Å². The monoisotopic (exact) mass is 448 g/mol. The van der Waals surface area contributed by atoms with Crippen LogP contribution in [0.1, 0.15) is 27.2 Å². The molecule has 0 aliphatic carbocycles. The normalized spacial score (nSPS) is 24.4. The van der Waals surface area contributed by atoms with Crippen LogP contribution in [0.2, 0.25) is 0 Å². The summed E-state index contributed by atoms with van der Waals surface area (Å²) in [5, 5.41) is 9.59. The lowest BCUT2D eigenvalue weighted by molar-refractivity contribution is 0.0752. The van der Waals surface area contributed by atoms with Crippen LogP contribution < -0.4 is 4.74 Å². The second kappa shape index (κ2) is 9.01. The van der Waals surface area contributed by atoms with Crippen LogP contribution in [-0.2, 0) is 10.0 Å². The van der Waals surface area contributed by atoms with Gasteiger partial charge in [-0.3, -0.25) is 0 Å². The van der Waals surface area contributed by atoms with E-state index in [0.717, 1.165) is 17.4 Å². The molecule has 1 heterocycles. The van der Waals surface area contributed by atoms with Gasteiger partial charge in [0.15, 0.2) is 0 Å². The molecule has 1 aliphatic rings. The number of aliphatic hydroxyl groups is 1. The Morgan fingerprint density at radius 2 is 2.15 bits per heavy atom. The zero-order chi connectivity index (χ0) is 19.5. The maximum Gasteiger partial charge on any atom is 0.247 e. The third-order valence-electron chi connectivity index (χ3n) is 4.73. The average molecular weight is 449 g/mol. The molecule has 148 valence electrons. The van der Waals surface area contributed by atoms with Crippen molar-refractivity contribution in [2.75, 3.05) is 33.3 Å². The zero-order valence-corrected chi connectivity index (χ0v) is 18.3. The molecule has 0 fully saturated rings. The molecule has 0 bridgehead atoms. The number of fused-ring (bicyclic) bond motifs is 1. The quantitative estimate of drug-likeness (QED) is 0.723. The Balaban J connectivity index is 2.49. The molecular weight excluding hydrogens is 420 g/mol. The number of rotatable bonds is 6. The van der Waals surface area contributed by atoms with Crippen molar-refractivity contribution in [3.05, 3.63) is 22.7 Å². The predicted octanol–water partition coefficient (Wildman–Crippen LogP) is 2.56. The van der Waals surface area contributed by atoms with E-state index in [1.54, 1.807) is 25.1 Å². The smallest absolute Gasteiger partial charge is 0.247 e. The first-order valence-electron chi connectivity index (χ1n) is 8.98. The number of nitrogens with zero attached hydrogens (tertiary/aromatic N) is 2. The summed E-state index contributed by atoms with van der Waals surface area (Å²) in [5.41, 5.74) is 0. The first-order valence-corrected chi connectivity index (χ1v) is 11.2. The fraction of sp³-hybridized carbons (Fsp3) is 0.667. The highest BCUT2D eigenvalue weighted by atomic mass is 79.9. The van der Waals surface area contributed by atoms with Crippen LogP contribution in [0, 0.1) is 5.92 Å². The highest BCUT2D eigenvalue weighted by molar-refractivity contribution is 9.10. The molecule has 0 amide bonds. The van der Waals surface area contributed by atoms with Gasteiger partial charge < -0.3 is 14.7 Å². The molecule has 1 aromatic rings. The molecule has 26 heavy (non-hydrogen) atoms. The summed E-state index contributed by atoms with van der Waals surface area (Å²) in [6.45, 7) is 7.60. The van der Waals surface area contributed by atoms with Gasteiger partial charge in [-0.25, -0.2) is 8.42 Å². The average Bonchev–Trinajstić information content (AvgIpc) is 2.57. The van der Waals surface area contributed by atoms with Gasteiger partial charge in [0.25, 0.3) is 0 Å². The number of benzene rings is 1. The number of hydrogen-bond donors (Lipinski definition) is 1. The largest absolute Gasteiger partial charge is 0.487 e. The lowest BCUT2D eigenvalue weighted by Crippen LogP contribution is -2.49. The molecule has 0 saturated heterocycles. The third kappa shape index (κ3) is 4.78. The molecule has 1 aliphatic heterocycles. The van der Waals surface area contributed by atoms with E-state index in [4.69, 9.17) is 4.74 Å². The van der Waals surface area contributed by atoms with Gasteiger partial charge >= 0.3 is 0 Å². The summed E-state index contributed by atoms with van der Waals surface area (Å²) < 4.78 is 34.7. The number of halogens is 1. The second-order valence-electron chi connectivity index (χ2n) is 7.09. The highest BCUT2D eigenvalue weighted by Crippen LogP contribution is 2.35. The number of hydrogen-bond acceptors (Lipinski definition) is 5. The standard InChI is InChI=1S/C18H29BrN2O4S/c1-5-8-20(4)11-17-13(2)10-21(14(3)12-22)26(23,24)18-7-6-15(19)9-16(18)25-17/h6-7,9,13-14,17,22H,5,8,10-12H2,1-4H3/t13-,14-,17-/m1/s1. The van der Waals surface area contributed by atoms with Crippen LogP contribution in [0.25, 0.3) is 0 Å². The van der Waals surface area contributed by atoms with Gasteiger partial charge in [-0.1, -0.05) is 29.8 Å². The van der Waals surface area contributed by atoms with Crippen molar-refractivity contribution in [1.29, 1.82) is 0 Å². The SMILES string of the molecule is CCCN(C)C[C@H]1Oc2cc(Br)ccc2S(=O)(=O)N([C@H](C)CO)C[C@H]1C. The topological polar surface area (TPSA) is 70.1 Å². The Labute approximate surface area is 165 Å². The molecule has 1 N–H and O–H groups in total. The minimum Gasteiger partial charge on any atom is -0.487 e. The number of likely N-dealkylation sites (N-methyl/N-ethyl adjacent to an activating group) is 1. The fourth-order valence-electron chi connectivity index (χ4n) is 3.20. The lowest BCUT2D eigenvalue weighted by atomic mass is 10.0. The Bertz CT molecular complexity index is 713. The van der Waals surface area contributed by atoms with Gasteiger partial charge in [0.05, 0.1) is 6.61 Å². The first kappa shape index (κ1) is 21.6. The Morgan fingerprint density at radius 1 is 1.46 bits per heavy atom. The van der Waals surface area contributed by atoms with Crippen molar-refractivity contribution in [2.24, 2.45) is 5.92 Å². The number of sulfonamides is 1. The number of ether oxygens (including phenoxy) is 1. The summed E-state index contributed by atoms with van der Waals surface area (Å²) in [5.74, 6) is 0.334. The van der Waals surface area contributed by atoms with E-state index in [0.29, 0.717) is 18.8 Å². The lowest BCUT2D eigenvalue weighted by Gasteiger charge is -2.37. The Kier molecular flexibility index (Phi) is 7.50. The van der Waals surface area contributed by atoms with Crippen LogP contribution in [0.15, 0.2) is 27.6 Å². The molecule has 8 heteroatoms. The zero-order valence-electron chi connectivity index (χ0n) is 15.9. The van der Waals surface area contributed by atoms with E-state index < -0.39 is 16.1 Å². The molecular formula is C18H29BrN2O4S. The van der Waals surface area contributed by atoms with E-state index in [-0.39, 0.29) is 23.5 Å². The summed E-state index contributed by atoms with van der Waals surface area (Å²) in [7, 11) is -1.71. The summed E-state index contributed by atoms with van der Waals surface area (Å²) in [6, 6.07) is 4.48. The predicted molar refractivity (Wildman–Crippen MR) is 106 cm³/mol. The van der Waals surface area contributed by atoms with Crippen molar-refractivity contribution in [1.82, 2.24) is 9.21 Å². The molecule has 0 radical (unpaired) electrons. The fourth-order valence-corrected chi connectivity index (χ4v) is 5.36. The molecule has 0 unspecified atom stereocenters. The van der Waals surface area contributed by atoms with Gasteiger partial charge in [-0.2, -0.15) is 4.31 Å². The molecule has 6 nitrogen and oxygen atoms in total. The van der Waals surface area contributed by atoms with Crippen molar-refractivity contribution >= 4 is 26.0 Å². The van der Waals surface area contributed by atoms with Crippen molar-refractivity contribution < 1.29 is 18.3 Å². The van der Waals surface area contributed by atoms with Crippen LogP contribution in [0.5, 0.6) is 5.75 Å². The first-order chi connectivity index (χ1) is 12.2. The van der Waals surface area contributed by atoms with Crippen molar-refractivity contribution in [2.45, 2.75) is 44.2 Å². The summed E-state index contributed by atoms with van der Waals surface area (Å²) in [6.07, 6.45) is 0.894. The van der Waals surface area contributed by atoms with E-state index in [9.17, 15) is 13.5 Å². The van der Waals surface area contributed by atoms with Gasteiger partial charge in [-0.05, 0) is 45.1 Å². The van der Waals surface area contributed by atoms with Crippen molar-refractivity contribution in [3.8, 4) is 5.75 Å². The minimum absolute atomic E-state index is 0.0230. The van der Waals surface area contributed by atoms with Crippen LogP contribution in [-0.4, -0.2) is 68.2 Å². The van der Waals surface area contributed by atoms with E-state index >= 15 is 0 Å². The summed E-state index contributed by atoms with van der Waals surface area (Å²) in [4.78, 5) is 2.35. The molecule has 2 rings (SSSR count). The minimum atomic E-state index is -3.75. The third-order valence-corrected chi connectivity index (χ3v) is 7.24. The van der Waals surface area contributed by atoms with E-state index in [1.807, 2.05) is 14.0 Å². The Morgan fingerprint density at radius 3 is 2.77 bits per heavy atom. The maximum absolute atomic E-state index is 13.2. The summed E-state index contributed by atoms with van der Waals surface area (Å²) >= 11 is 3.40. The van der Waals surface area contributed by atoms with E-state index in [2.05, 4.69) is 27.8 Å². The molecule has 3 atom stereocenters. The molecule has 0 spiro atoms. The van der Waals surface area contributed by atoms with Crippen LogP contribution in [0.3, 0.4) is 0 Å². The molecule has 0 aromatic heterocycles. The molecule has 1 aromatic carbocycles. The second-order valence-corrected chi connectivity index (χ2v) is 9.87. The highest BCUT2D eigenvalue weighted by Gasteiger charge is 2.37. The van der Waals surface area contributed by atoms with Gasteiger partial charge in [0, 0.05) is 29.5 Å².